The summed E-state index contributed by atoms with van der Waals surface area (Å²) in [5.41, 5.74) is 1.07. The second-order valence-electron chi connectivity index (χ2n) is 6.98. The second kappa shape index (κ2) is 3.62. The predicted octanol–water partition coefficient (Wildman–Crippen LogP) is 1.08. The van der Waals surface area contributed by atoms with Crippen molar-refractivity contribution in [2.75, 3.05) is 13.1 Å². The number of Topliss-reactive ketones (excluding diaryl/α,β-unsaturated/α-hetero) is 2. The second-order valence-corrected chi connectivity index (χ2v) is 6.98. The van der Waals surface area contributed by atoms with E-state index in [2.05, 4.69) is 17.1 Å². The van der Waals surface area contributed by atoms with Crippen molar-refractivity contribution in [2.45, 2.75) is 38.6 Å². The minimum Gasteiger partial charge on any atom is -0.379 e. The van der Waals surface area contributed by atoms with Crippen LogP contribution in [0.5, 0.6) is 0 Å². The van der Waals surface area contributed by atoms with E-state index in [1.807, 2.05) is 6.20 Å². The third-order valence-electron chi connectivity index (χ3n) is 5.36. The Kier molecular flexibility index (Phi) is 2.19. The molecular formula is C15H20N2O2. The van der Waals surface area contributed by atoms with Gasteiger partial charge in [-0.3, -0.25) is 9.59 Å². The van der Waals surface area contributed by atoms with Crippen LogP contribution in [0.1, 0.15) is 32.6 Å². The Balaban J connectivity index is 1.38. The Morgan fingerprint density at radius 3 is 2.58 bits per heavy atom. The van der Waals surface area contributed by atoms with Gasteiger partial charge in [0.2, 0.25) is 5.78 Å². The maximum absolute atomic E-state index is 12.5. The molecule has 4 aliphatic rings. The summed E-state index contributed by atoms with van der Waals surface area (Å²) in [4.78, 5) is 25.7. The van der Waals surface area contributed by atoms with Crippen LogP contribution in [0.15, 0.2) is 11.9 Å². The monoisotopic (exact) mass is 260 g/mol. The number of likely N-dealkylation sites (tertiary alicyclic amines) is 1. The molecule has 2 saturated carbocycles. The first kappa shape index (κ1) is 11.5. The van der Waals surface area contributed by atoms with E-state index in [1.165, 1.54) is 12.8 Å². The fourth-order valence-corrected chi connectivity index (χ4v) is 3.95. The van der Waals surface area contributed by atoms with Gasteiger partial charge in [-0.2, -0.15) is 0 Å². The van der Waals surface area contributed by atoms with Crippen LogP contribution in [0.2, 0.25) is 0 Å². The Bertz CT molecular complexity index is 476. The zero-order chi connectivity index (χ0) is 13.2. The number of hydrogen-bond acceptors (Lipinski definition) is 4. The van der Waals surface area contributed by atoms with E-state index in [4.69, 9.17) is 0 Å². The minimum atomic E-state index is -0.0120. The summed E-state index contributed by atoms with van der Waals surface area (Å²) in [5, 5.41) is 3.28. The summed E-state index contributed by atoms with van der Waals surface area (Å²) in [6, 6.07) is -0.0120. The van der Waals surface area contributed by atoms with Crippen LogP contribution in [-0.4, -0.2) is 35.6 Å². The topological polar surface area (TPSA) is 49.4 Å². The molecule has 1 N–H and O–H groups in total. The zero-order valence-corrected chi connectivity index (χ0v) is 11.3. The molecule has 0 amide bonds. The van der Waals surface area contributed by atoms with E-state index in [0.29, 0.717) is 11.7 Å². The Morgan fingerprint density at radius 2 is 2.00 bits per heavy atom. The third-order valence-corrected chi connectivity index (χ3v) is 5.36. The minimum absolute atomic E-state index is 0.0120. The van der Waals surface area contributed by atoms with Crippen molar-refractivity contribution in [1.82, 2.24) is 10.2 Å². The highest BCUT2D eigenvalue weighted by Crippen LogP contribution is 2.48. The first-order chi connectivity index (χ1) is 9.08. The normalized spacial score (nSPS) is 33.6. The molecular weight excluding hydrogens is 240 g/mol. The number of nitrogens with zero attached hydrogens (tertiary/aromatic N) is 1. The molecule has 2 unspecified atom stereocenters. The molecule has 4 rings (SSSR count). The van der Waals surface area contributed by atoms with Crippen molar-refractivity contribution in [2.24, 2.45) is 17.3 Å². The lowest BCUT2D eigenvalue weighted by molar-refractivity contribution is -0.143. The summed E-state index contributed by atoms with van der Waals surface area (Å²) in [6.45, 7) is 3.97. The molecule has 0 bridgehead atoms. The van der Waals surface area contributed by atoms with Gasteiger partial charge in [-0.1, -0.05) is 6.92 Å². The number of hydrogen-bond donors (Lipinski definition) is 1. The van der Waals surface area contributed by atoms with Crippen molar-refractivity contribution in [3.05, 3.63) is 11.9 Å². The summed E-state index contributed by atoms with van der Waals surface area (Å²) < 4.78 is 0. The van der Waals surface area contributed by atoms with Gasteiger partial charge in [-0.05, 0) is 24.7 Å². The molecule has 4 nitrogen and oxygen atoms in total. The standard InChI is InChI=1S/C15H20N2O2/c1-9(10-2-3-10)13-14(19)12(6-16-13)17-7-15(8-17)4-11(18)5-15/h6,9-10,13,16H,2-5,7-8H2,1H3. The average Bonchev–Trinajstić information content (AvgIpc) is 3.06. The average molecular weight is 260 g/mol. The largest absolute Gasteiger partial charge is 0.379 e. The van der Waals surface area contributed by atoms with Crippen LogP contribution in [0.3, 0.4) is 0 Å². The fourth-order valence-electron chi connectivity index (χ4n) is 3.95. The lowest BCUT2D eigenvalue weighted by Crippen LogP contribution is -2.62. The highest BCUT2D eigenvalue weighted by molar-refractivity contribution is 6.01. The van der Waals surface area contributed by atoms with E-state index in [-0.39, 0.29) is 17.2 Å². The number of nitrogens with one attached hydrogen (secondary N) is 1. The van der Waals surface area contributed by atoms with Crippen LogP contribution in [0.4, 0.5) is 0 Å². The van der Waals surface area contributed by atoms with Crippen LogP contribution in [0, 0.1) is 17.3 Å². The van der Waals surface area contributed by atoms with Gasteiger partial charge in [-0.25, -0.2) is 0 Å². The van der Waals surface area contributed by atoms with Gasteiger partial charge in [0.25, 0.3) is 0 Å². The van der Waals surface area contributed by atoms with Crippen molar-refractivity contribution in [3.63, 3.8) is 0 Å². The molecule has 0 aromatic carbocycles. The van der Waals surface area contributed by atoms with Crippen LogP contribution in [0.25, 0.3) is 0 Å². The molecule has 2 heterocycles. The molecule has 3 fully saturated rings. The van der Waals surface area contributed by atoms with Crippen LogP contribution >= 0.6 is 0 Å². The van der Waals surface area contributed by atoms with Gasteiger partial charge in [0.15, 0.2) is 0 Å². The van der Waals surface area contributed by atoms with Crippen molar-refractivity contribution < 1.29 is 9.59 Å². The van der Waals surface area contributed by atoms with E-state index in [0.717, 1.165) is 37.5 Å². The fraction of sp³-hybridized carbons (Fsp3) is 0.733. The molecule has 1 saturated heterocycles. The van der Waals surface area contributed by atoms with E-state index < -0.39 is 0 Å². The van der Waals surface area contributed by atoms with Gasteiger partial charge in [0.1, 0.15) is 5.78 Å². The lowest BCUT2D eigenvalue weighted by atomic mass is 9.62. The highest BCUT2D eigenvalue weighted by Gasteiger charge is 2.54. The van der Waals surface area contributed by atoms with E-state index in [9.17, 15) is 9.59 Å². The molecule has 19 heavy (non-hydrogen) atoms. The quantitative estimate of drug-likeness (QED) is 0.825. The molecule has 102 valence electrons. The molecule has 2 atom stereocenters. The third kappa shape index (κ3) is 1.65. The summed E-state index contributed by atoms with van der Waals surface area (Å²) in [6.07, 6.45) is 5.90. The van der Waals surface area contributed by atoms with E-state index >= 15 is 0 Å². The molecule has 0 aromatic heterocycles. The molecule has 0 radical (unpaired) electrons. The van der Waals surface area contributed by atoms with Gasteiger partial charge in [0, 0.05) is 37.5 Å². The Labute approximate surface area is 113 Å². The SMILES string of the molecule is CC(C1CC1)C1NC=C(N2CC3(CC(=O)C3)C2)C1=O. The summed E-state index contributed by atoms with van der Waals surface area (Å²) >= 11 is 0. The summed E-state index contributed by atoms with van der Waals surface area (Å²) in [7, 11) is 0. The maximum Gasteiger partial charge on any atom is 0.202 e. The Hall–Kier alpha value is -1.32. The first-order valence-corrected chi connectivity index (χ1v) is 7.35. The Morgan fingerprint density at radius 1 is 1.32 bits per heavy atom. The number of ketones is 2. The molecule has 0 aromatic rings. The van der Waals surface area contributed by atoms with Crippen molar-refractivity contribution >= 4 is 11.6 Å². The van der Waals surface area contributed by atoms with Gasteiger partial charge >= 0.3 is 0 Å². The number of carbonyl (C=O) groups excluding carboxylic acids is 2. The van der Waals surface area contributed by atoms with Crippen LogP contribution < -0.4 is 5.32 Å². The molecule has 2 aliphatic heterocycles. The van der Waals surface area contributed by atoms with Gasteiger partial charge < -0.3 is 10.2 Å². The molecule has 1 spiro atoms. The lowest BCUT2D eigenvalue weighted by Gasteiger charge is -2.55. The summed E-state index contributed by atoms with van der Waals surface area (Å²) in [5.74, 6) is 1.83. The number of carbonyl (C=O) groups is 2. The smallest absolute Gasteiger partial charge is 0.202 e. The maximum atomic E-state index is 12.5. The zero-order valence-electron chi connectivity index (χ0n) is 11.3. The molecule has 4 heteroatoms. The molecule has 2 aliphatic carbocycles. The van der Waals surface area contributed by atoms with E-state index in [1.54, 1.807) is 0 Å². The van der Waals surface area contributed by atoms with Gasteiger partial charge in [0.05, 0.1) is 11.7 Å². The van der Waals surface area contributed by atoms with Crippen molar-refractivity contribution in [3.8, 4) is 0 Å². The number of rotatable bonds is 3. The van der Waals surface area contributed by atoms with Gasteiger partial charge in [-0.15, -0.1) is 0 Å². The predicted molar refractivity (Wildman–Crippen MR) is 70.1 cm³/mol. The highest BCUT2D eigenvalue weighted by atomic mass is 16.1. The van der Waals surface area contributed by atoms with Crippen LogP contribution in [-0.2, 0) is 9.59 Å². The van der Waals surface area contributed by atoms with Crippen molar-refractivity contribution in [1.29, 1.82) is 0 Å². The first-order valence-electron chi connectivity index (χ1n) is 7.35.